The molecule has 1 heterocycles. The highest BCUT2D eigenvalue weighted by molar-refractivity contribution is 6.28. The van der Waals surface area contributed by atoms with Crippen LogP contribution in [-0.4, -0.2) is 16.0 Å². The topological polar surface area (TPSA) is 63.8 Å². The number of hydrogen-bond acceptors (Lipinski definition) is 4. The molecule has 1 saturated carbocycles. The van der Waals surface area contributed by atoms with Gasteiger partial charge in [-0.25, -0.2) is 4.98 Å². The standard InChI is InChI=1S/C11H17ClN4/c12-11-14-7-9(13)10(16-11)15-8-5-3-1-2-4-6-8/h7-8H,1-6,13H2,(H,14,15,16). The Bertz CT molecular complexity index is 348. The van der Waals surface area contributed by atoms with Crippen molar-refractivity contribution in [2.75, 3.05) is 11.1 Å². The summed E-state index contributed by atoms with van der Waals surface area (Å²) in [6.07, 6.45) is 9.12. The van der Waals surface area contributed by atoms with Crippen LogP contribution in [0.25, 0.3) is 0 Å². The second-order valence-electron chi connectivity index (χ2n) is 4.28. The van der Waals surface area contributed by atoms with Crippen LogP contribution >= 0.6 is 11.6 Å². The van der Waals surface area contributed by atoms with Crippen molar-refractivity contribution in [1.82, 2.24) is 9.97 Å². The average Bonchev–Trinajstić information content (AvgIpc) is 2.52. The van der Waals surface area contributed by atoms with Gasteiger partial charge in [0.15, 0.2) is 5.82 Å². The van der Waals surface area contributed by atoms with Crippen LogP contribution in [0.4, 0.5) is 11.5 Å². The number of rotatable bonds is 2. The molecule has 1 aliphatic carbocycles. The SMILES string of the molecule is Nc1cnc(Cl)nc1NC1CCCCCC1. The van der Waals surface area contributed by atoms with Crippen LogP contribution in [0.2, 0.25) is 5.28 Å². The van der Waals surface area contributed by atoms with Gasteiger partial charge in [0.05, 0.1) is 11.9 Å². The lowest BCUT2D eigenvalue weighted by atomic mass is 10.1. The minimum absolute atomic E-state index is 0.241. The molecule has 88 valence electrons. The Labute approximate surface area is 101 Å². The smallest absolute Gasteiger partial charge is 0.224 e. The van der Waals surface area contributed by atoms with Gasteiger partial charge >= 0.3 is 0 Å². The summed E-state index contributed by atoms with van der Waals surface area (Å²) in [6, 6.07) is 0.468. The third-order valence-corrected chi connectivity index (χ3v) is 3.17. The van der Waals surface area contributed by atoms with Crippen LogP contribution in [0.5, 0.6) is 0 Å². The molecule has 2 rings (SSSR count). The Balaban J connectivity index is 2.04. The van der Waals surface area contributed by atoms with E-state index in [1.54, 1.807) is 6.20 Å². The molecule has 0 spiro atoms. The lowest BCUT2D eigenvalue weighted by Crippen LogP contribution is -2.20. The van der Waals surface area contributed by atoms with Crippen molar-refractivity contribution in [3.8, 4) is 0 Å². The van der Waals surface area contributed by atoms with E-state index in [1.807, 2.05) is 0 Å². The molecule has 0 aromatic carbocycles. The first kappa shape index (κ1) is 11.5. The van der Waals surface area contributed by atoms with Crippen LogP contribution < -0.4 is 11.1 Å². The Hall–Kier alpha value is -1.03. The van der Waals surface area contributed by atoms with E-state index < -0.39 is 0 Å². The van der Waals surface area contributed by atoms with Gasteiger partial charge in [-0.2, -0.15) is 4.98 Å². The fourth-order valence-electron chi connectivity index (χ4n) is 2.10. The molecule has 1 aliphatic rings. The Morgan fingerprint density at radius 1 is 1.25 bits per heavy atom. The fraction of sp³-hybridized carbons (Fsp3) is 0.636. The quantitative estimate of drug-likeness (QED) is 0.616. The summed E-state index contributed by atoms with van der Waals surface area (Å²) >= 11 is 5.75. The zero-order chi connectivity index (χ0) is 11.4. The molecule has 5 heteroatoms. The second kappa shape index (κ2) is 5.34. The number of halogens is 1. The average molecular weight is 241 g/mol. The second-order valence-corrected chi connectivity index (χ2v) is 4.61. The van der Waals surface area contributed by atoms with Gasteiger partial charge in [0.2, 0.25) is 5.28 Å². The molecule has 0 amide bonds. The summed E-state index contributed by atoms with van der Waals surface area (Å²) in [5.74, 6) is 0.673. The van der Waals surface area contributed by atoms with E-state index in [2.05, 4.69) is 15.3 Å². The van der Waals surface area contributed by atoms with Gasteiger partial charge in [0.25, 0.3) is 0 Å². The van der Waals surface area contributed by atoms with Crippen LogP contribution in [0.1, 0.15) is 38.5 Å². The monoisotopic (exact) mass is 240 g/mol. The number of hydrogen-bond donors (Lipinski definition) is 2. The van der Waals surface area contributed by atoms with E-state index in [4.69, 9.17) is 17.3 Å². The predicted molar refractivity (Wildman–Crippen MR) is 66.6 cm³/mol. The number of aromatic nitrogens is 2. The van der Waals surface area contributed by atoms with Crippen molar-refractivity contribution in [2.45, 2.75) is 44.6 Å². The van der Waals surface area contributed by atoms with E-state index >= 15 is 0 Å². The highest BCUT2D eigenvalue weighted by Crippen LogP contribution is 2.23. The highest BCUT2D eigenvalue weighted by Gasteiger charge is 2.14. The van der Waals surface area contributed by atoms with Crippen molar-refractivity contribution in [1.29, 1.82) is 0 Å². The molecule has 0 bridgehead atoms. The van der Waals surface area contributed by atoms with Crippen molar-refractivity contribution in [3.63, 3.8) is 0 Å². The van der Waals surface area contributed by atoms with Crippen molar-refractivity contribution >= 4 is 23.1 Å². The normalized spacial score (nSPS) is 18.1. The molecular formula is C11H17ClN4. The van der Waals surface area contributed by atoms with Gasteiger partial charge in [-0.05, 0) is 24.4 Å². The van der Waals surface area contributed by atoms with E-state index in [0.717, 1.165) is 0 Å². The number of nitrogens with one attached hydrogen (secondary N) is 1. The minimum atomic E-state index is 0.241. The maximum absolute atomic E-state index is 5.80. The molecule has 0 atom stereocenters. The first-order chi connectivity index (χ1) is 7.75. The predicted octanol–water partition coefficient (Wildman–Crippen LogP) is 2.85. The summed E-state index contributed by atoms with van der Waals surface area (Å²) in [7, 11) is 0. The van der Waals surface area contributed by atoms with Crippen molar-refractivity contribution in [2.24, 2.45) is 0 Å². The summed E-state index contributed by atoms with van der Waals surface area (Å²) in [5, 5.41) is 3.61. The van der Waals surface area contributed by atoms with E-state index in [1.165, 1.54) is 38.5 Å². The molecular weight excluding hydrogens is 224 g/mol. The Morgan fingerprint density at radius 2 is 1.94 bits per heavy atom. The molecule has 1 fully saturated rings. The zero-order valence-electron chi connectivity index (χ0n) is 9.25. The van der Waals surface area contributed by atoms with Gasteiger partial charge in [-0.3, -0.25) is 0 Å². The fourth-order valence-corrected chi connectivity index (χ4v) is 2.24. The third-order valence-electron chi connectivity index (χ3n) is 2.98. The molecule has 0 unspecified atom stereocenters. The molecule has 0 saturated heterocycles. The largest absolute Gasteiger partial charge is 0.394 e. The first-order valence-electron chi connectivity index (χ1n) is 5.80. The van der Waals surface area contributed by atoms with E-state index in [0.29, 0.717) is 17.5 Å². The molecule has 0 radical (unpaired) electrons. The molecule has 1 aromatic heterocycles. The molecule has 1 aromatic rings. The maximum Gasteiger partial charge on any atom is 0.224 e. The van der Waals surface area contributed by atoms with Gasteiger partial charge in [0, 0.05) is 6.04 Å². The number of anilines is 2. The van der Waals surface area contributed by atoms with E-state index in [9.17, 15) is 0 Å². The minimum Gasteiger partial charge on any atom is -0.394 e. The van der Waals surface area contributed by atoms with Crippen molar-refractivity contribution in [3.05, 3.63) is 11.5 Å². The number of nitrogens with two attached hydrogens (primary N) is 1. The van der Waals surface area contributed by atoms with Gasteiger partial charge in [-0.15, -0.1) is 0 Å². The van der Waals surface area contributed by atoms with E-state index in [-0.39, 0.29) is 5.28 Å². The maximum atomic E-state index is 5.80. The first-order valence-corrected chi connectivity index (χ1v) is 6.18. The molecule has 0 aliphatic heterocycles. The summed E-state index contributed by atoms with van der Waals surface area (Å²) in [5.41, 5.74) is 6.36. The third kappa shape index (κ3) is 2.98. The van der Waals surface area contributed by atoms with Crippen LogP contribution in [0.3, 0.4) is 0 Å². The number of nitrogen functional groups attached to an aromatic ring is 1. The zero-order valence-corrected chi connectivity index (χ0v) is 10.0. The van der Waals surface area contributed by atoms with Crippen LogP contribution in [-0.2, 0) is 0 Å². The summed E-state index contributed by atoms with van der Waals surface area (Å²) in [6.45, 7) is 0. The molecule has 3 N–H and O–H groups in total. The van der Waals surface area contributed by atoms with Gasteiger partial charge < -0.3 is 11.1 Å². The van der Waals surface area contributed by atoms with Gasteiger partial charge in [-0.1, -0.05) is 25.7 Å². The summed E-state index contributed by atoms with van der Waals surface area (Å²) < 4.78 is 0. The van der Waals surface area contributed by atoms with Crippen LogP contribution in [0, 0.1) is 0 Å². The number of nitrogens with zero attached hydrogens (tertiary/aromatic N) is 2. The Morgan fingerprint density at radius 3 is 2.62 bits per heavy atom. The summed E-state index contributed by atoms with van der Waals surface area (Å²) in [4.78, 5) is 7.96. The lowest BCUT2D eigenvalue weighted by Gasteiger charge is -2.17. The van der Waals surface area contributed by atoms with Crippen LogP contribution in [0.15, 0.2) is 6.20 Å². The Kier molecular flexibility index (Phi) is 3.83. The molecule has 4 nitrogen and oxygen atoms in total. The van der Waals surface area contributed by atoms with Crippen molar-refractivity contribution < 1.29 is 0 Å². The highest BCUT2D eigenvalue weighted by atomic mass is 35.5. The molecule has 16 heavy (non-hydrogen) atoms. The van der Waals surface area contributed by atoms with Gasteiger partial charge in [0.1, 0.15) is 0 Å². The lowest BCUT2D eigenvalue weighted by molar-refractivity contribution is 0.618.